The first-order valence-corrected chi connectivity index (χ1v) is 4.46. The molecule has 0 saturated carbocycles. The lowest BCUT2D eigenvalue weighted by Gasteiger charge is -2.03. The van der Waals surface area contributed by atoms with Crippen molar-refractivity contribution in [3.63, 3.8) is 0 Å². The van der Waals surface area contributed by atoms with Gasteiger partial charge in [-0.1, -0.05) is 6.07 Å². The van der Waals surface area contributed by atoms with Crippen LogP contribution >= 0.6 is 0 Å². The number of hydrogen-bond acceptors (Lipinski definition) is 2. The van der Waals surface area contributed by atoms with Gasteiger partial charge in [0, 0.05) is 22.8 Å². The van der Waals surface area contributed by atoms with Crippen LogP contribution in [0.5, 0.6) is 0 Å². The normalized spacial score (nSPS) is 11.1. The summed E-state index contributed by atoms with van der Waals surface area (Å²) in [6.07, 6.45) is 1.80. The van der Waals surface area contributed by atoms with Gasteiger partial charge in [0.2, 0.25) is 0 Å². The number of aromatic amines is 1. The summed E-state index contributed by atoms with van der Waals surface area (Å²) >= 11 is 0. The molecule has 0 spiro atoms. The Morgan fingerprint density at radius 3 is 3.00 bits per heavy atom. The van der Waals surface area contributed by atoms with Crippen molar-refractivity contribution in [2.45, 2.75) is 0 Å². The van der Waals surface area contributed by atoms with Crippen LogP contribution in [0.4, 0.5) is 5.69 Å². The standard InChI is InChI=1S/C11H9N3/c12-8-2-1-7-5-11-9(3-4-13-11)14-10(7)6-8/h1-6,14H,12H2. The topological polar surface area (TPSA) is 54.7 Å². The van der Waals surface area contributed by atoms with E-state index in [-0.39, 0.29) is 0 Å². The lowest BCUT2D eigenvalue weighted by Crippen LogP contribution is -1.88. The third-order valence-corrected chi connectivity index (χ3v) is 2.37. The molecule has 68 valence electrons. The fourth-order valence-corrected chi connectivity index (χ4v) is 1.67. The van der Waals surface area contributed by atoms with E-state index in [2.05, 4.69) is 16.0 Å². The number of anilines is 1. The molecule has 2 heterocycles. The van der Waals surface area contributed by atoms with Gasteiger partial charge in [-0.25, -0.2) is 0 Å². The number of fused-ring (bicyclic) bond motifs is 2. The zero-order valence-corrected chi connectivity index (χ0v) is 7.49. The molecule has 1 aromatic carbocycles. The first kappa shape index (κ1) is 7.38. The minimum absolute atomic E-state index is 0.771. The molecule has 0 radical (unpaired) electrons. The van der Waals surface area contributed by atoms with Crippen molar-refractivity contribution in [1.29, 1.82) is 0 Å². The van der Waals surface area contributed by atoms with E-state index in [9.17, 15) is 0 Å². The van der Waals surface area contributed by atoms with Crippen LogP contribution in [0.3, 0.4) is 0 Å². The van der Waals surface area contributed by atoms with Gasteiger partial charge in [0.25, 0.3) is 0 Å². The van der Waals surface area contributed by atoms with E-state index in [4.69, 9.17) is 5.73 Å². The molecular weight excluding hydrogens is 174 g/mol. The van der Waals surface area contributed by atoms with E-state index >= 15 is 0 Å². The number of aromatic nitrogens is 2. The molecule has 2 aliphatic rings. The molecule has 2 aliphatic heterocycles. The average molecular weight is 183 g/mol. The third kappa shape index (κ3) is 0.956. The molecular formula is C11H9N3. The summed E-state index contributed by atoms with van der Waals surface area (Å²) in [6, 6.07) is 9.83. The van der Waals surface area contributed by atoms with Crippen molar-refractivity contribution >= 4 is 16.6 Å². The summed E-state index contributed by atoms with van der Waals surface area (Å²) < 4.78 is 0. The van der Waals surface area contributed by atoms with Gasteiger partial charge in [0.05, 0.1) is 11.4 Å². The number of nitrogens with two attached hydrogens (primary N) is 1. The number of pyridine rings is 1. The zero-order chi connectivity index (χ0) is 9.54. The quantitative estimate of drug-likeness (QED) is 0.525. The summed E-state index contributed by atoms with van der Waals surface area (Å²) in [5.74, 6) is 0. The predicted octanol–water partition coefficient (Wildman–Crippen LogP) is 2.25. The zero-order valence-electron chi connectivity index (χ0n) is 7.49. The van der Waals surface area contributed by atoms with Gasteiger partial charge in [-0.15, -0.1) is 0 Å². The Bertz CT molecular complexity index is 568. The summed E-state index contributed by atoms with van der Waals surface area (Å²) in [5.41, 5.74) is 9.56. The Balaban J connectivity index is 2.47. The molecule has 0 bridgehead atoms. The van der Waals surface area contributed by atoms with Gasteiger partial charge < -0.3 is 10.7 Å². The van der Waals surface area contributed by atoms with Crippen molar-refractivity contribution in [3.8, 4) is 11.4 Å². The maximum absolute atomic E-state index is 5.71. The number of nitrogens with zero attached hydrogens (tertiary/aromatic N) is 1. The average Bonchev–Trinajstić information content (AvgIpc) is 2.61. The number of benzene rings is 1. The van der Waals surface area contributed by atoms with Gasteiger partial charge in [0.15, 0.2) is 0 Å². The Hall–Kier alpha value is -2.03. The first-order valence-electron chi connectivity index (χ1n) is 4.46. The highest BCUT2D eigenvalue weighted by molar-refractivity contribution is 5.86. The van der Waals surface area contributed by atoms with Crippen LogP contribution in [-0.2, 0) is 0 Å². The predicted molar refractivity (Wildman–Crippen MR) is 57.1 cm³/mol. The number of nitrogens with one attached hydrogen (secondary N) is 1. The monoisotopic (exact) mass is 183 g/mol. The number of rotatable bonds is 0. The first-order chi connectivity index (χ1) is 6.83. The van der Waals surface area contributed by atoms with Crippen molar-refractivity contribution in [2.24, 2.45) is 0 Å². The van der Waals surface area contributed by atoms with Gasteiger partial charge in [-0.3, -0.25) is 4.98 Å². The highest BCUT2D eigenvalue weighted by Crippen LogP contribution is 2.24. The van der Waals surface area contributed by atoms with Crippen LogP contribution in [0, 0.1) is 0 Å². The van der Waals surface area contributed by atoms with E-state index < -0.39 is 0 Å². The Kier molecular flexibility index (Phi) is 1.31. The second kappa shape index (κ2) is 2.48. The van der Waals surface area contributed by atoms with Gasteiger partial charge in [-0.2, -0.15) is 0 Å². The molecule has 0 saturated heterocycles. The van der Waals surface area contributed by atoms with E-state index in [1.807, 2.05) is 24.3 Å². The van der Waals surface area contributed by atoms with Gasteiger partial charge >= 0.3 is 0 Å². The maximum atomic E-state index is 5.71. The van der Waals surface area contributed by atoms with E-state index in [1.54, 1.807) is 6.20 Å². The molecule has 0 fully saturated rings. The summed E-state index contributed by atoms with van der Waals surface area (Å²) in [7, 11) is 0. The molecule has 0 unspecified atom stereocenters. The lowest BCUT2D eigenvalue weighted by atomic mass is 10.1. The second-order valence-corrected chi connectivity index (χ2v) is 3.36. The van der Waals surface area contributed by atoms with Crippen LogP contribution in [0.1, 0.15) is 0 Å². The van der Waals surface area contributed by atoms with E-state index in [1.165, 1.54) is 0 Å². The molecule has 3 N–H and O–H groups in total. The van der Waals surface area contributed by atoms with Gasteiger partial charge in [-0.05, 0) is 24.3 Å². The highest BCUT2D eigenvalue weighted by Gasteiger charge is 2.05. The summed E-state index contributed by atoms with van der Waals surface area (Å²) in [6.45, 7) is 0. The fourth-order valence-electron chi connectivity index (χ4n) is 1.67. The minimum atomic E-state index is 0.771. The molecule has 0 aliphatic carbocycles. The third-order valence-electron chi connectivity index (χ3n) is 2.37. The molecule has 0 amide bonds. The number of nitrogen functional groups attached to an aromatic ring is 1. The van der Waals surface area contributed by atoms with Crippen LogP contribution in [0.2, 0.25) is 0 Å². The summed E-state index contributed by atoms with van der Waals surface area (Å²) in [5, 5.41) is 1.13. The number of H-pyrrole nitrogens is 1. The van der Waals surface area contributed by atoms with Crippen molar-refractivity contribution in [2.75, 3.05) is 5.73 Å². The van der Waals surface area contributed by atoms with E-state index in [0.717, 1.165) is 28.0 Å². The molecule has 0 aromatic heterocycles. The summed E-state index contributed by atoms with van der Waals surface area (Å²) in [4.78, 5) is 7.52. The Morgan fingerprint density at radius 2 is 2.07 bits per heavy atom. The molecule has 3 rings (SSSR count). The van der Waals surface area contributed by atoms with Crippen molar-refractivity contribution in [3.05, 3.63) is 36.5 Å². The van der Waals surface area contributed by atoms with E-state index in [0.29, 0.717) is 0 Å². The second-order valence-electron chi connectivity index (χ2n) is 3.36. The Morgan fingerprint density at radius 1 is 1.14 bits per heavy atom. The maximum Gasteiger partial charge on any atom is 0.0871 e. The van der Waals surface area contributed by atoms with Crippen molar-refractivity contribution in [1.82, 2.24) is 9.97 Å². The number of hydrogen-bond donors (Lipinski definition) is 2. The van der Waals surface area contributed by atoms with Crippen LogP contribution in [0.15, 0.2) is 36.5 Å². The Labute approximate surface area is 80.9 Å². The molecule has 14 heavy (non-hydrogen) atoms. The molecule has 1 aromatic rings. The SMILES string of the molecule is Nc1ccc2cc3nccc-3[nH]c2c1. The lowest BCUT2D eigenvalue weighted by molar-refractivity contribution is 1.35. The van der Waals surface area contributed by atoms with Crippen LogP contribution in [0.25, 0.3) is 22.3 Å². The largest absolute Gasteiger partial charge is 0.399 e. The van der Waals surface area contributed by atoms with Crippen molar-refractivity contribution < 1.29 is 0 Å². The highest BCUT2D eigenvalue weighted by atomic mass is 14.8. The minimum Gasteiger partial charge on any atom is -0.399 e. The molecule has 0 atom stereocenters. The fraction of sp³-hybridized carbons (Fsp3) is 0. The van der Waals surface area contributed by atoms with Gasteiger partial charge in [0.1, 0.15) is 0 Å². The molecule has 3 heteroatoms. The smallest absolute Gasteiger partial charge is 0.0871 e. The molecule has 3 nitrogen and oxygen atoms in total. The van der Waals surface area contributed by atoms with Crippen LogP contribution in [-0.4, -0.2) is 9.97 Å². The van der Waals surface area contributed by atoms with Crippen LogP contribution < -0.4 is 5.73 Å².